The monoisotopic (exact) mass is 223 g/mol. The van der Waals surface area contributed by atoms with Gasteiger partial charge in [0.2, 0.25) is 0 Å². The van der Waals surface area contributed by atoms with Crippen LogP contribution in [0.3, 0.4) is 0 Å². The minimum absolute atomic E-state index is 0.175. The second-order valence-corrected chi connectivity index (χ2v) is 3.58. The fourth-order valence-corrected chi connectivity index (χ4v) is 1.63. The zero-order chi connectivity index (χ0) is 11.4. The van der Waals surface area contributed by atoms with Gasteiger partial charge in [-0.2, -0.15) is 0 Å². The van der Waals surface area contributed by atoms with E-state index in [0.29, 0.717) is 25.5 Å². The summed E-state index contributed by atoms with van der Waals surface area (Å²) in [7, 11) is 0. The van der Waals surface area contributed by atoms with Crippen LogP contribution in [0.4, 0.5) is 0 Å². The van der Waals surface area contributed by atoms with E-state index in [1.807, 2.05) is 0 Å². The molecule has 0 amide bonds. The predicted octanol–water partition coefficient (Wildman–Crippen LogP) is 0.00700. The Kier molecular flexibility index (Phi) is 3.43. The molecule has 1 N–H and O–H groups in total. The van der Waals surface area contributed by atoms with Crippen molar-refractivity contribution < 1.29 is 14.6 Å². The molecule has 1 saturated heterocycles. The Hall–Kier alpha value is -1.53. The molecule has 16 heavy (non-hydrogen) atoms. The number of hydrogen-bond donors (Lipinski definition) is 1. The molecular formula is C10H13N3O3. The predicted molar refractivity (Wildman–Crippen MR) is 55.1 cm³/mol. The third-order valence-corrected chi connectivity index (χ3v) is 2.50. The van der Waals surface area contributed by atoms with Crippen molar-refractivity contribution in [3.63, 3.8) is 0 Å². The second kappa shape index (κ2) is 5.00. The van der Waals surface area contributed by atoms with Crippen molar-refractivity contribution in [1.82, 2.24) is 14.9 Å². The molecule has 0 saturated carbocycles. The summed E-state index contributed by atoms with van der Waals surface area (Å²) in [5.41, 5.74) is 0.735. The molecule has 1 aromatic rings. The number of rotatable bonds is 3. The van der Waals surface area contributed by atoms with Crippen molar-refractivity contribution in [2.75, 3.05) is 26.3 Å². The quantitative estimate of drug-likeness (QED) is 0.777. The number of nitrogens with zero attached hydrogens (tertiary/aromatic N) is 3. The van der Waals surface area contributed by atoms with Crippen molar-refractivity contribution >= 4 is 5.97 Å². The van der Waals surface area contributed by atoms with Crippen molar-refractivity contribution in [3.05, 3.63) is 23.8 Å². The lowest BCUT2D eigenvalue weighted by Crippen LogP contribution is -2.36. The van der Waals surface area contributed by atoms with Gasteiger partial charge in [0.15, 0.2) is 0 Å². The number of hydrogen-bond acceptors (Lipinski definition) is 5. The normalized spacial score (nSPS) is 17.2. The summed E-state index contributed by atoms with van der Waals surface area (Å²) in [5, 5.41) is 8.97. The van der Waals surface area contributed by atoms with Crippen LogP contribution in [0.1, 0.15) is 16.1 Å². The molecule has 1 aliphatic rings. The largest absolute Gasteiger partial charge is 0.478 e. The first-order valence-electron chi connectivity index (χ1n) is 5.09. The topological polar surface area (TPSA) is 75.5 Å². The number of ether oxygens (including phenoxy) is 1. The maximum Gasteiger partial charge on any atom is 0.339 e. The standard InChI is InChI=1S/C10H13N3O3/c14-10(15)8-5-11-7-12-9(8)6-13-1-3-16-4-2-13/h5,7H,1-4,6H2,(H,14,15). The molecule has 0 spiro atoms. The second-order valence-electron chi connectivity index (χ2n) is 3.58. The maximum atomic E-state index is 10.9. The Morgan fingerprint density at radius 3 is 2.94 bits per heavy atom. The molecule has 0 radical (unpaired) electrons. The number of carboxylic acids is 1. The number of aromatic nitrogens is 2. The summed E-state index contributed by atoms with van der Waals surface area (Å²) in [5.74, 6) is -0.983. The number of morpholine rings is 1. The number of aromatic carboxylic acids is 1. The van der Waals surface area contributed by atoms with E-state index in [-0.39, 0.29) is 5.56 Å². The lowest BCUT2D eigenvalue weighted by Gasteiger charge is -2.26. The summed E-state index contributed by atoms with van der Waals surface area (Å²) in [6, 6.07) is 0. The van der Waals surface area contributed by atoms with E-state index in [9.17, 15) is 4.79 Å². The van der Waals surface area contributed by atoms with Gasteiger partial charge in [0.05, 0.1) is 18.9 Å². The van der Waals surface area contributed by atoms with Gasteiger partial charge in [-0.3, -0.25) is 4.90 Å². The van der Waals surface area contributed by atoms with Gasteiger partial charge in [0.1, 0.15) is 11.9 Å². The number of carbonyl (C=O) groups is 1. The number of carboxylic acid groups (broad SMARTS) is 1. The zero-order valence-electron chi connectivity index (χ0n) is 8.80. The molecule has 1 fully saturated rings. The first-order valence-corrected chi connectivity index (χ1v) is 5.09. The first-order chi connectivity index (χ1) is 7.77. The summed E-state index contributed by atoms with van der Waals surface area (Å²) in [6.45, 7) is 3.53. The molecule has 2 heterocycles. The van der Waals surface area contributed by atoms with Crippen LogP contribution in [0.25, 0.3) is 0 Å². The van der Waals surface area contributed by atoms with Gasteiger partial charge in [-0.1, -0.05) is 0 Å². The van der Waals surface area contributed by atoms with Crippen LogP contribution in [-0.2, 0) is 11.3 Å². The minimum Gasteiger partial charge on any atom is -0.478 e. The summed E-state index contributed by atoms with van der Waals surface area (Å²) in [6.07, 6.45) is 2.72. The summed E-state index contributed by atoms with van der Waals surface area (Å²) < 4.78 is 5.22. The minimum atomic E-state index is -0.983. The van der Waals surface area contributed by atoms with Gasteiger partial charge >= 0.3 is 5.97 Å². The van der Waals surface area contributed by atoms with Gasteiger partial charge < -0.3 is 9.84 Å². The Morgan fingerprint density at radius 2 is 2.25 bits per heavy atom. The van der Waals surface area contributed by atoms with Crippen molar-refractivity contribution in [3.8, 4) is 0 Å². The van der Waals surface area contributed by atoms with Crippen LogP contribution in [0.15, 0.2) is 12.5 Å². The third kappa shape index (κ3) is 2.53. The highest BCUT2D eigenvalue weighted by molar-refractivity contribution is 5.88. The van der Waals surface area contributed by atoms with Gasteiger partial charge in [-0.05, 0) is 0 Å². The van der Waals surface area contributed by atoms with E-state index in [0.717, 1.165) is 13.1 Å². The molecule has 1 aliphatic heterocycles. The molecule has 0 atom stereocenters. The lowest BCUT2D eigenvalue weighted by atomic mass is 10.2. The Bertz CT molecular complexity index is 377. The maximum absolute atomic E-state index is 10.9. The average Bonchev–Trinajstić information content (AvgIpc) is 2.31. The first kappa shape index (κ1) is 11.0. The van der Waals surface area contributed by atoms with E-state index < -0.39 is 5.97 Å². The molecule has 2 rings (SSSR count). The molecule has 0 bridgehead atoms. The molecule has 0 aliphatic carbocycles. The van der Waals surface area contributed by atoms with Crippen molar-refractivity contribution in [2.45, 2.75) is 6.54 Å². The highest BCUT2D eigenvalue weighted by atomic mass is 16.5. The summed E-state index contributed by atoms with van der Waals surface area (Å²) >= 11 is 0. The smallest absolute Gasteiger partial charge is 0.339 e. The molecule has 0 aromatic carbocycles. The average molecular weight is 223 g/mol. The van der Waals surface area contributed by atoms with E-state index in [1.165, 1.54) is 12.5 Å². The van der Waals surface area contributed by atoms with E-state index in [2.05, 4.69) is 14.9 Å². The van der Waals surface area contributed by atoms with Crippen LogP contribution < -0.4 is 0 Å². The van der Waals surface area contributed by atoms with Crippen LogP contribution in [-0.4, -0.2) is 52.2 Å². The third-order valence-electron chi connectivity index (χ3n) is 2.50. The Labute approximate surface area is 92.9 Å². The lowest BCUT2D eigenvalue weighted by molar-refractivity contribution is 0.0333. The Morgan fingerprint density at radius 1 is 1.50 bits per heavy atom. The van der Waals surface area contributed by atoms with Gasteiger partial charge in [-0.15, -0.1) is 0 Å². The van der Waals surface area contributed by atoms with Crippen LogP contribution in [0.5, 0.6) is 0 Å². The van der Waals surface area contributed by atoms with Gasteiger partial charge in [-0.25, -0.2) is 14.8 Å². The highest BCUT2D eigenvalue weighted by Crippen LogP contribution is 2.09. The molecule has 0 unspecified atom stereocenters. The van der Waals surface area contributed by atoms with Crippen LogP contribution >= 0.6 is 0 Å². The SMILES string of the molecule is O=C(O)c1cncnc1CN1CCOCC1. The fraction of sp³-hybridized carbons (Fsp3) is 0.500. The highest BCUT2D eigenvalue weighted by Gasteiger charge is 2.16. The zero-order valence-corrected chi connectivity index (χ0v) is 8.80. The van der Waals surface area contributed by atoms with Crippen molar-refractivity contribution in [2.24, 2.45) is 0 Å². The molecule has 6 nitrogen and oxygen atoms in total. The molecule has 1 aromatic heterocycles. The summed E-state index contributed by atoms with van der Waals surface area (Å²) in [4.78, 5) is 20.8. The molecular weight excluding hydrogens is 210 g/mol. The van der Waals surface area contributed by atoms with Crippen molar-refractivity contribution in [1.29, 1.82) is 0 Å². The van der Waals surface area contributed by atoms with Crippen LogP contribution in [0, 0.1) is 0 Å². The van der Waals surface area contributed by atoms with E-state index in [1.54, 1.807) is 0 Å². The van der Waals surface area contributed by atoms with E-state index in [4.69, 9.17) is 9.84 Å². The molecule has 86 valence electrons. The molecule has 6 heteroatoms. The fourth-order valence-electron chi connectivity index (χ4n) is 1.63. The Balaban J connectivity index is 2.10. The van der Waals surface area contributed by atoms with Gasteiger partial charge in [0.25, 0.3) is 0 Å². The van der Waals surface area contributed by atoms with Crippen LogP contribution in [0.2, 0.25) is 0 Å². The van der Waals surface area contributed by atoms with Gasteiger partial charge in [0, 0.05) is 25.8 Å². The van der Waals surface area contributed by atoms with E-state index >= 15 is 0 Å².